The summed E-state index contributed by atoms with van der Waals surface area (Å²) < 4.78 is 28.3. The number of hydrogen-bond acceptors (Lipinski definition) is 9. The van der Waals surface area contributed by atoms with E-state index in [9.17, 15) is 9.59 Å². The van der Waals surface area contributed by atoms with E-state index in [2.05, 4.69) is 4.99 Å². The van der Waals surface area contributed by atoms with E-state index < -0.39 is 23.8 Å². The Bertz CT molecular complexity index is 1480. The Morgan fingerprint density at radius 2 is 1.62 bits per heavy atom. The molecular weight excluding hydrogens is 562 g/mol. The maximum Gasteiger partial charge on any atom is 0.336 e. The number of nitrogens with zero attached hydrogens (tertiary/aromatic N) is 3. The van der Waals surface area contributed by atoms with Crippen LogP contribution in [0.25, 0.3) is 16.9 Å². The first-order valence-electron chi connectivity index (χ1n) is 13.4. The molecule has 2 atom stereocenters. The topological polar surface area (TPSA) is 110 Å². The first kappa shape index (κ1) is 31.0. The molecule has 1 aliphatic heterocycles. The fourth-order valence-corrected chi connectivity index (χ4v) is 5.18. The van der Waals surface area contributed by atoms with Crippen molar-refractivity contribution in [2.24, 2.45) is 10.9 Å². The molecule has 2 heterocycles. The van der Waals surface area contributed by atoms with Crippen LogP contribution in [-0.2, 0) is 28.5 Å². The highest BCUT2D eigenvalue weighted by Crippen LogP contribution is 2.44. The summed E-state index contributed by atoms with van der Waals surface area (Å²) in [5, 5.41) is 5.31. The second-order valence-corrected chi connectivity index (χ2v) is 9.97. The Balaban J connectivity index is 1.94. The lowest BCUT2D eigenvalue weighted by Gasteiger charge is -2.31. The van der Waals surface area contributed by atoms with E-state index in [1.54, 1.807) is 30.7 Å². The van der Waals surface area contributed by atoms with Gasteiger partial charge in [-0.2, -0.15) is 5.10 Å². The summed E-state index contributed by atoms with van der Waals surface area (Å²) in [6.07, 6.45) is 1.82. The minimum Gasteiger partial charge on any atom is -0.495 e. The van der Waals surface area contributed by atoms with Gasteiger partial charge in [-0.25, -0.2) is 9.48 Å². The first-order chi connectivity index (χ1) is 20.3. The predicted octanol–water partition coefficient (Wildman–Crippen LogP) is 5.03. The highest BCUT2D eigenvalue weighted by Gasteiger charge is 2.44. The van der Waals surface area contributed by atoms with Crippen LogP contribution in [0.4, 0.5) is 0 Å². The number of halogens is 1. The molecular formula is C31H34ClN3O7. The highest BCUT2D eigenvalue weighted by atomic mass is 35.5. The number of para-hydroxylation sites is 1. The van der Waals surface area contributed by atoms with E-state index in [4.69, 9.17) is 40.4 Å². The van der Waals surface area contributed by atoms with Gasteiger partial charge in [0.15, 0.2) is 0 Å². The van der Waals surface area contributed by atoms with Crippen LogP contribution in [0, 0.1) is 5.92 Å². The number of ether oxygens (including phenoxy) is 5. The Morgan fingerprint density at radius 3 is 2.26 bits per heavy atom. The number of rotatable bonds is 12. The average Bonchev–Trinajstić information content (AvgIpc) is 3.42. The lowest BCUT2D eigenvalue weighted by Crippen LogP contribution is -2.37. The van der Waals surface area contributed by atoms with Gasteiger partial charge in [-0.1, -0.05) is 29.8 Å². The van der Waals surface area contributed by atoms with Gasteiger partial charge < -0.3 is 23.7 Å². The minimum atomic E-state index is -0.934. The molecule has 3 aromatic rings. The fraction of sp³-hybridized carbons (Fsp3) is 0.355. The summed E-state index contributed by atoms with van der Waals surface area (Å²) in [7, 11) is 4.58. The highest BCUT2D eigenvalue weighted by molar-refractivity contribution is 6.32. The van der Waals surface area contributed by atoms with Gasteiger partial charge in [-0.3, -0.25) is 9.79 Å². The zero-order valence-electron chi connectivity index (χ0n) is 24.3. The smallest absolute Gasteiger partial charge is 0.336 e. The quantitative estimate of drug-likeness (QED) is 0.212. The summed E-state index contributed by atoms with van der Waals surface area (Å²) in [5.74, 6) is -2.41. The van der Waals surface area contributed by atoms with Crippen LogP contribution < -0.4 is 4.74 Å². The van der Waals surface area contributed by atoms with Gasteiger partial charge in [0.05, 0.1) is 42.3 Å². The number of hydrogen-bond donors (Lipinski definition) is 0. The van der Waals surface area contributed by atoms with E-state index in [0.717, 1.165) is 5.69 Å². The maximum absolute atomic E-state index is 13.6. The Morgan fingerprint density at radius 1 is 0.929 bits per heavy atom. The summed E-state index contributed by atoms with van der Waals surface area (Å²) in [6.45, 7) is 4.00. The second-order valence-electron chi connectivity index (χ2n) is 9.56. The SMILES string of the molecule is COCCOC(=O)C1=C(C)N=C(C)C(C(=O)OCCOC)C1c1cn(-c2ccccc2)nc1-c1ccc(OC)c(Cl)c1. The molecule has 2 aromatic carbocycles. The summed E-state index contributed by atoms with van der Waals surface area (Å²) in [4.78, 5) is 31.9. The van der Waals surface area contributed by atoms with Crippen molar-refractivity contribution in [3.05, 3.63) is 76.6 Å². The molecule has 0 radical (unpaired) electrons. The number of methoxy groups -OCH3 is 3. The Labute approximate surface area is 249 Å². The van der Waals surface area contributed by atoms with Gasteiger partial charge in [0.1, 0.15) is 24.9 Å². The van der Waals surface area contributed by atoms with Crippen LogP contribution in [0.15, 0.2) is 71.0 Å². The molecule has 0 fully saturated rings. The van der Waals surface area contributed by atoms with Crippen molar-refractivity contribution in [3.63, 3.8) is 0 Å². The lowest BCUT2D eigenvalue weighted by molar-refractivity contribution is -0.148. The lowest BCUT2D eigenvalue weighted by atomic mass is 9.75. The molecule has 0 saturated carbocycles. The van der Waals surface area contributed by atoms with Crippen molar-refractivity contribution in [1.29, 1.82) is 0 Å². The van der Waals surface area contributed by atoms with Gasteiger partial charge in [0.25, 0.3) is 0 Å². The number of carbonyl (C=O) groups is 2. The monoisotopic (exact) mass is 595 g/mol. The van der Waals surface area contributed by atoms with Crippen LogP contribution in [0.1, 0.15) is 25.3 Å². The number of benzene rings is 2. The minimum absolute atomic E-state index is 0.0364. The van der Waals surface area contributed by atoms with Crippen LogP contribution in [0.2, 0.25) is 5.02 Å². The zero-order valence-corrected chi connectivity index (χ0v) is 25.0. The molecule has 0 N–H and O–H groups in total. The number of carbonyl (C=O) groups excluding carboxylic acids is 2. The van der Waals surface area contributed by atoms with Crippen molar-refractivity contribution < 1.29 is 33.3 Å². The maximum atomic E-state index is 13.6. The van der Waals surface area contributed by atoms with Crippen LogP contribution in [-0.4, -0.2) is 75.2 Å². The predicted molar refractivity (Wildman–Crippen MR) is 158 cm³/mol. The summed E-state index contributed by atoms with van der Waals surface area (Å²) >= 11 is 6.53. The normalized spacial score (nSPS) is 16.7. The van der Waals surface area contributed by atoms with Gasteiger partial charge in [-0.05, 0) is 44.2 Å². The van der Waals surface area contributed by atoms with Gasteiger partial charge in [0.2, 0.25) is 0 Å². The average molecular weight is 596 g/mol. The molecule has 11 heteroatoms. The number of allylic oxidation sites excluding steroid dienone is 1. The second kappa shape index (κ2) is 14.3. The van der Waals surface area contributed by atoms with E-state index in [1.807, 2.05) is 42.6 Å². The van der Waals surface area contributed by atoms with Crippen molar-refractivity contribution in [1.82, 2.24) is 9.78 Å². The molecule has 0 bridgehead atoms. The molecule has 2 unspecified atom stereocenters. The molecule has 1 aliphatic rings. The standard InChI is InChI=1S/C31H34ClN3O7/c1-19-26(30(36)41-15-13-38-3)28(27(20(2)33-19)31(37)42-16-14-39-4)23-18-35(22-9-7-6-8-10-22)34-29(23)21-11-12-25(40-5)24(32)17-21/h6-12,17-18,26,28H,13-16H2,1-5H3. The van der Waals surface area contributed by atoms with Gasteiger partial charge in [0, 0.05) is 48.9 Å². The van der Waals surface area contributed by atoms with Gasteiger partial charge >= 0.3 is 11.9 Å². The van der Waals surface area contributed by atoms with E-state index in [1.165, 1.54) is 21.3 Å². The molecule has 222 valence electrons. The van der Waals surface area contributed by atoms with Crippen molar-refractivity contribution in [2.45, 2.75) is 19.8 Å². The van der Waals surface area contributed by atoms with E-state index in [-0.39, 0.29) is 32.0 Å². The third-order valence-electron chi connectivity index (χ3n) is 6.88. The summed E-state index contributed by atoms with van der Waals surface area (Å²) in [6, 6.07) is 14.8. The molecule has 10 nitrogen and oxygen atoms in total. The summed E-state index contributed by atoms with van der Waals surface area (Å²) in [5.41, 5.74) is 3.75. The third-order valence-corrected chi connectivity index (χ3v) is 7.17. The molecule has 42 heavy (non-hydrogen) atoms. The molecule has 0 amide bonds. The van der Waals surface area contributed by atoms with Gasteiger partial charge in [-0.15, -0.1) is 0 Å². The van der Waals surface area contributed by atoms with Crippen LogP contribution in [0.3, 0.4) is 0 Å². The molecule has 1 aromatic heterocycles. The van der Waals surface area contributed by atoms with Crippen molar-refractivity contribution in [3.8, 4) is 22.7 Å². The number of aliphatic imine (C=N–C) groups is 1. The number of esters is 2. The first-order valence-corrected chi connectivity index (χ1v) is 13.7. The van der Waals surface area contributed by atoms with Crippen molar-refractivity contribution in [2.75, 3.05) is 47.8 Å². The molecule has 0 spiro atoms. The molecule has 0 saturated heterocycles. The Kier molecular flexibility index (Phi) is 10.5. The Hall–Kier alpha value is -3.99. The van der Waals surface area contributed by atoms with Crippen LogP contribution in [0.5, 0.6) is 5.75 Å². The van der Waals surface area contributed by atoms with E-state index >= 15 is 0 Å². The van der Waals surface area contributed by atoms with E-state index in [0.29, 0.717) is 39.0 Å². The molecule has 0 aliphatic carbocycles. The largest absolute Gasteiger partial charge is 0.495 e. The molecule has 4 rings (SSSR count). The third kappa shape index (κ3) is 6.73. The van der Waals surface area contributed by atoms with Crippen molar-refractivity contribution >= 4 is 29.3 Å². The fourth-order valence-electron chi connectivity index (χ4n) is 4.92. The van der Waals surface area contributed by atoms with Crippen LogP contribution >= 0.6 is 11.6 Å². The zero-order chi connectivity index (χ0) is 30.2. The number of aromatic nitrogens is 2.